The van der Waals surface area contributed by atoms with E-state index in [0.717, 1.165) is 43.7 Å². The molecule has 0 unspecified atom stereocenters. The number of hydrogen-bond donors (Lipinski definition) is 0. The van der Waals surface area contributed by atoms with Crippen molar-refractivity contribution in [3.63, 3.8) is 0 Å². The molecule has 1 aliphatic rings. The predicted molar refractivity (Wildman–Crippen MR) is 174 cm³/mol. The fourth-order valence-corrected chi connectivity index (χ4v) is 5.43. The van der Waals surface area contributed by atoms with E-state index in [9.17, 15) is 0 Å². The van der Waals surface area contributed by atoms with E-state index in [1.807, 2.05) is 0 Å². The Hall–Kier alpha value is -0.346. The number of benzene rings is 2. The van der Waals surface area contributed by atoms with Crippen molar-refractivity contribution < 1.29 is 12.3 Å². The molecule has 0 saturated heterocycles. The molecule has 0 aliphatic heterocycles. The Kier molecular flexibility index (Phi) is 16.3. The summed E-state index contributed by atoms with van der Waals surface area (Å²) in [5, 5.41) is 0. The molecule has 2 aromatic rings. The number of rotatable bonds is 12. The minimum atomic E-state index is -3.11. The zero-order valence-corrected chi connectivity index (χ0v) is 29.0. The van der Waals surface area contributed by atoms with Crippen LogP contribution < -0.4 is 0 Å². The first kappa shape index (κ1) is 34.9. The predicted octanol–water partition coefficient (Wildman–Crippen LogP) is 12.3. The Morgan fingerprint density at radius 3 is 1.54 bits per heavy atom. The van der Waals surface area contributed by atoms with Gasteiger partial charge in [0, 0.05) is 0 Å². The van der Waals surface area contributed by atoms with E-state index in [4.69, 9.17) is 47.2 Å². The van der Waals surface area contributed by atoms with Crippen molar-refractivity contribution in [3.8, 4) is 0 Å². The number of unbranched alkanes of at least 4 members (excludes halogenated alkanes) is 1. The fraction of sp³-hybridized carbons (Fsp3) is 0.562. The summed E-state index contributed by atoms with van der Waals surface area (Å²) in [5.74, 6) is 0.964. The molecule has 0 N–H and O–H groups in total. The van der Waals surface area contributed by atoms with E-state index in [0.29, 0.717) is 0 Å². The summed E-state index contributed by atoms with van der Waals surface area (Å²) in [4.78, 5) is 10.6. The van der Waals surface area contributed by atoms with Gasteiger partial charge in [0.05, 0.1) is 22.8 Å². The van der Waals surface area contributed by atoms with E-state index in [2.05, 4.69) is 71.0 Å². The van der Waals surface area contributed by atoms with Crippen LogP contribution in [0.2, 0.25) is 0 Å². The van der Waals surface area contributed by atoms with Gasteiger partial charge in [-0.2, -0.15) is 0 Å². The van der Waals surface area contributed by atoms with Crippen LogP contribution in [-0.4, -0.2) is 11.4 Å². The summed E-state index contributed by atoms with van der Waals surface area (Å²) in [5.41, 5.74) is 9.98. The number of nitrogens with zero attached hydrogens (tertiary/aromatic N) is 2. The summed E-state index contributed by atoms with van der Waals surface area (Å²) >= 11 is -3.11. The normalized spacial score (nSPS) is 14.9. The average molecular weight is 648 g/mol. The molecule has 7 heteroatoms. The molecule has 0 aromatic heterocycles. The second-order valence-electron chi connectivity index (χ2n) is 10.3. The van der Waals surface area contributed by atoms with Gasteiger partial charge in [0.2, 0.25) is 0 Å². The minimum absolute atomic E-state index is 0.964. The van der Waals surface area contributed by atoms with Gasteiger partial charge < -0.3 is 0 Å². The van der Waals surface area contributed by atoms with E-state index in [-0.39, 0.29) is 0 Å². The van der Waals surface area contributed by atoms with Crippen LogP contribution in [0.5, 0.6) is 0 Å². The molecule has 2 aromatic carbocycles. The Balaban J connectivity index is 0.000000976. The van der Waals surface area contributed by atoms with Crippen LogP contribution in [0.25, 0.3) is 0 Å². The average Bonchev–Trinajstić information content (AvgIpc) is 3.43. The van der Waals surface area contributed by atoms with Crippen molar-refractivity contribution in [2.45, 2.75) is 112 Å². The van der Waals surface area contributed by atoms with Gasteiger partial charge >= 0.3 is 49.6 Å². The van der Waals surface area contributed by atoms with Gasteiger partial charge in [-0.3, -0.25) is 9.98 Å². The van der Waals surface area contributed by atoms with Gasteiger partial charge in [0.1, 0.15) is 0 Å². The standard InChI is InChI=1S/C32H46N2.4ClH.Ti/c1-6-26-19-14-20-27(7-2)31(26)33-24(5)30(23-13-12-18-25-16-10-11-17-25)34-32-28(8-3)21-15-22-29(32)9-4;;;;;/h14-15,19-22,25H,6-13,16-18,23H2,1-5H3;4*1H;/q;;;;;+4/p-4. The molecule has 1 aliphatic carbocycles. The number of aliphatic imine (C=N–C) groups is 2. The third-order valence-electron chi connectivity index (χ3n) is 7.62. The van der Waals surface area contributed by atoms with Crippen molar-refractivity contribution in [1.29, 1.82) is 0 Å². The van der Waals surface area contributed by atoms with Crippen LogP contribution in [-0.2, 0) is 38.0 Å². The van der Waals surface area contributed by atoms with Gasteiger partial charge in [0.25, 0.3) is 0 Å². The molecule has 0 atom stereocenters. The Labute approximate surface area is 256 Å². The molecular formula is C32H46Cl4N2Ti. The number of para-hydroxylation sites is 2. The Morgan fingerprint density at radius 2 is 1.13 bits per heavy atom. The summed E-state index contributed by atoms with van der Waals surface area (Å²) < 4.78 is 0. The second kappa shape index (κ2) is 18.2. The SMILES string of the molecule is CCc1cccc(CC)c1N=C(C)C(CCCCC1CCCC1)=Nc1c(CC)cccc1CC.[Cl][Ti]([Cl])([Cl])[Cl]. The monoisotopic (exact) mass is 646 g/mol. The first-order chi connectivity index (χ1) is 18.6. The van der Waals surface area contributed by atoms with Crippen LogP contribution in [0.15, 0.2) is 46.4 Å². The van der Waals surface area contributed by atoms with Crippen molar-refractivity contribution in [2.75, 3.05) is 0 Å². The summed E-state index contributed by atoms with van der Waals surface area (Å²) in [6.45, 7) is 11.1. The van der Waals surface area contributed by atoms with Gasteiger partial charge in [-0.1, -0.05) is 103 Å². The van der Waals surface area contributed by atoms with Crippen LogP contribution in [0.4, 0.5) is 11.4 Å². The summed E-state index contributed by atoms with van der Waals surface area (Å²) in [7, 11) is 20.1. The quantitative estimate of drug-likeness (QED) is 0.124. The summed E-state index contributed by atoms with van der Waals surface area (Å²) in [6.07, 6.45) is 14.7. The van der Waals surface area contributed by atoms with E-state index < -0.39 is 12.3 Å². The summed E-state index contributed by atoms with van der Waals surface area (Å²) in [6, 6.07) is 13.3. The molecule has 0 spiro atoms. The first-order valence-electron chi connectivity index (χ1n) is 14.7. The molecule has 39 heavy (non-hydrogen) atoms. The topological polar surface area (TPSA) is 24.7 Å². The number of hydrogen-bond acceptors (Lipinski definition) is 2. The molecule has 1 saturated carbocycles. The molecule has 3 rings (SSSR count). The van der Waals surface area contributed by atoms with Crippen molar-refractivity contribution >= 4 is 60.0 Å². The molecule has 1 fully saturated rings. The first-order valence-corrected chi connectivity index (χ1v) is 23.3. The van der Waals surface area contributed by atoms with Crippen molar-refractivity contribution in [3.05, 3.63) is 58.7 Å². The van der Waals surface area contributed by atoms with Crippen LogP contribution in [0.1, 0.15) is 108 Å². The number of aryl methyl sites for hydroxylation is 4. The molecular weight excluding hydrogens is 602 g/mol. The molecule has 216 valence electrons. The Morgan fingerprint density at radius 1 is 0.718 bits per heavy atom. The number of halogens is 4. The maximum absolute atomic E-state index is 5.36. The Bertz CT molecular complexity index is 1040. The molecule has 0 radical (unpaired) electrons. The molecule has 0 amide bonds. The van der Waals surface area contributed by atoms with Gasteiger partial charge in [0.15, 0.2) is 0 Å². The van der Waals surface area contributed by atoms with E-state index >= 15 is 0 Å². The second-order valence-corrected chi connectivity index (χ2v) is 25.8. The van der Waals surface area contributed by atoms with Crippen LogP contribution >= 0.6 is 37.2 Å². The fourth-order valence-electron chi connectivity index (χ4n) is 5.43. The van der Waals surface area contributed by atoms with E-state index in [1.165, 1.54) is 84.3 Å². The zero-order chi connectivity index (χ0) is 28.8. The third-order valence-corrected chi connectivity index (χ3v) is 7.62. The molecule has 0 heterocycles. The molecule has 0 bridgehead atoms. The zero-order valence-electron chi connectivity index (χ0n) is 24.4. The van der Waals surface area contributed by atoms with Crippen molar-refractivity contribution in [1.82, 2.24) is 0 Å². The van der Waals surface area contributed by atoms with Gasteiger partial charge in [-0.05, 0) is 73.6 Å². The van der Waals surface area contributed by atoms with E-state index in [1.54, 1.807) is 0 Å². The maximum atomic E-state index is 5.36. The van der Waals surface area contributed by atoms with Crippen molar-refractivity contribution in [2.24, 2.45) is 15.9 Å². The van der Waals surface area contributed by atoms with Gasteiger partial charge in [-0.15, -0.1) is 0 Å². The third kappa shape index (κ3) is 12.6. The van der Waals surface area contributed by atoms with Crippen LogP contribution in [0.3, 0.4) is 0 Å². The molecule has 2 nitrogen and oxygen atoms in total. The van der Waals surface area contributed by atoms with Gasteiger partial charge in [-0.25, -0.2) is 0 Å². The van der Waals surface area contributed by atoms with Crippen LogP contribution in [0, 0.1) is 5.92 Å².